The van der Waals surface area contributed by atoms with Crippen molar-refractivity contribution in [1.82, 2.24) is 20.1 Å². The van der Waals surface area contributed by atoms with Crippen LogP contribution in [0.5, 0.6) is 5.75 Å². The van der Waals surface area contributed by atoms with Gasteiger partial charge in [-0.15, -0.1) is 0 Å². The summed E-state index contributed by atoms with van der Waals surface area (Å²) in [5.74, 6) is 0.795. The van der Waals surface area contributed by atoms with Gasteiger partial charge in [-0.2, -0.15) is 0 Å². The molecule has 25 heavy (non-hydrogen) atoms. The molecule has 0 saturated carbocycles. The Balaban J connectivity index is 1.45. The number of carbonyl (C=O) groups is 1. The predicted molar refractivity (Wildman–Crippen MR) is 96.3 cm³/mol. The Bertz CT molecular complexity index is 685. The summed E-state index contributed by atoms with van der Waals surface area (Å²) in [6.07, 6.45) is 3.68. The largest absolute Gasteiger partial charge is 0.496 e. The van der Waals surface area contributed by atoms with Crippen molar-refractivity contribution in [3.05, 3.63) is 59.9 Å². The Morgan fingerprint density at radius 1 is 1.16 bits per heavy atom. The first-order chi connectivity index (χ1) is 12.3. The van der Waals surface area contributed by atoms with E-state index in [0.29, 0.717) is 6.54 Å². The van der Waals surface area contributed by atoms with Crippen LogP contribution in [0.3, 0.4) is 0 Å². The number of amides is 2. The van der Waals surface area contributed by atoms with Gasteiger partial charge in [0.15, 0.2) is 0 Å². The maximum Gasteiger partial charge on any atom is 0.317 e. The van der Waals surface area contributed by atoms with Gasteiger partial charge in [0.2, 0.25) is 0 Å². The number of methoxy groups -OCH3 is 1. The average molecular weight is 340 g/mol. The molecule has 3 rings (SSSR count). The summed E-state index contributed by atoms with van der Waals surface area (Å²) in [6, 6.07) is 11.7. The van der Waals surface area contributed by atoms with Crippen LogP contribution in [-0.2, 0) is 13.1 Å². The van der Waals surface area contributed by atoms with Crippen LogP contribution in [0.15, 0.2) is 48.8 Å². The average Bonchev–Trinajstić information content (AvgIpc) is 2.67. The molecule has 1 fully saturated rings. The smallest absolute Gasteiger partial charge is 0.317 e. The van der Waals surface area contributed by atoms with E-state index in [2.05, 4.69) is 21.3 Å². The Morgan fingerprint density at radius 2 is 1.96 bits per heavy atom. The number of ether oxygens (including phenoxy) is 1. The zero-order valence-corrected chi connectivity index (χ0v) is 14.5. The first-order valence-corrected chi connectivity index (χ1v) is 8.52. The minimum absolute atomic E-state index is 0.0214. The van der Waals surface area contributed by atoms with Crippen LogP contribution in [0.1, 0.15) is 11.1 Å². The van der Waals surface area contributed by atoms with Crippen LogP contribution in [0.25, 0.3) is 0 Å². The lowest BCUT2D eigenvalue weighted by Crippen LogP contribution is -2.51. The van der Waals surface area contributed by atoms with Crippen molar-refractivity contribution in [3.8, 4) is 5.75 Å². The van der Waals surface area contributed by atoms with Gasteiger partial charge in [-0.05, 0) is 17.7 Å². The quantitative estimate of drug-likeness (QED) is 0.906. The molecule has 0 bridgehead atoms. The number of piperazine rings is 1. The van der Waals surface area contributed by atoms with E-state index in [1.54, 1.807) is 13.3 Å². The van der Waals surface area contributed by atoms with E-state index in [-0.39, 0.29) is 6.03 Å². The number of nitrogens with one attached hydrogen (secondary N) is 1. The molecule has 6 heteroatoms. The number of carbonyl (C=O) groups excluding carboxylic acids is 1. The highest BCUT2D eigenvalue weighted by molar-refractivity contribution is 5.74. The molecule has 0 atom stereocenters. The second-order valence-corrected chi connectivity index (χ2v) is 6.10. The van der Waals surface area contributed by atoms with E-state index in [1.807, 2.05) is 41.4 Å². The summed E-state index contributed by atoms with van der Waals surface area (Å²) in [5.41, 5.74) is 2.19. The van der Waals surface area contributed by atoms with E-state index < -0.39 is 0 Å². The van der Waals surface area contributed by atoms with Gasteiger partial charge in [0, 0.05) is 57.2 Å². The van der Waals surface area contributed by atoms with Gasteiger partial charge in [0.05, 0.1) is 7.11 Å². The van der Waals surface area contributed by atoms with Crippen molar-refractivity contribution in [2.75, 3.05) is 33.3 Å². The Labute approximate surface area is 148 Å². The van der Waals surface area contributed by atoms with Crippen molar-refractivity contribution in [3.63, 3.8) is 0 Å². The van der Waals surface area contributed by atoms with E-state index in [4.69, 9.17) is 4.74 Å². The number of aromatic nitrogens is 1. The SMILES string of the molecule is COc1ccccc1CNC(=O)N1CCN(Cc2cccnc2)CC1. The fraction of sp³-hybridized carbons (Fsp3) is 0.368. The molecule has 0 radical (unpaired) electrons. The third-order valence-electron chi connectivity index (χ3n) is 4.41. The van der Waals surface area contributed by atoms with Crippen molar-refractivity contribution in [2.24, 2.45) is 0 Å². The van der Waals surface area contributed by atoms with Crippen LogP contribution in [-0.4, -0.2) is 54.1 Å². The summed E-state index contributed by atoms with van der Waals surface area (Å²) in [6.45, 7) is 4.56. The van der Waals surface area contributed by atoms with Gasteiger partial charge in [0.1, 0.15) is 5.75 Å². The first kappa shape index (κ1) is 17.2. The van der Waals surface area contributed by atoms with Crippen LogP contribution < -0.4 is 10.1 Å². The zero-order valence-electron chi connectivity index (χ0n) is 14.5. The number of hydrogen-bond acceptors (Lipinski definition) is 4. The number of hydrogen-bond donors (Lipinski definition) is 1. The molecule has 1 saturated heterocycles. The maximum absolute atomic E-state index is 12.4. The lowest BCUT2D eigenvalue weighted by molar-refractivity contribution is 0.135. The second-order valence-electron chi connectivity index (χ2n) is 6.10. The molecular formula is C19H24N4O2. The molecule has 0 unspecified atom stereocenters. The highest BCUT2D eigenvalue weighted by Gasteiger charge is 2.21. The summed E-state index contributed by atoms with van der Waals surface area (Å²) in [5, 5.41) is 2.99. The van der Waals surface area contributed by atoms with Gasteiger partial charge < -0.3 is 15.0 Å². The fourth-order valence-electron chi connectivity index (χ4n) is 2.99. The van der Waals surface area contributed by atoms with Crippen LogP contribution in [0.2, 0.25) is 0 Å². The standard InChI is InChI=1S/C19H24N4O2/c1-25-18-7-3-2-6-17(18)14-21-19(24)23-11-9-22(10-12-23)15-16-5-4-8-20-13-16/h2-8,13H,9-12,14-15H2,1H3,(H,21,24). The topological polar surface area (TPSA) is 57.7 Å². The number of rotatable bonds is 5. The van der Waals surface area contributed by atoms with Gasteiger partial charge in [-0.1, -0.05) is 24.3 Å². The Kier molecular flexibility index (Phi) is 5.85. The number of para-hydroxylation sites is 1. The molecule has 1 N–H and O–H groups in total. The molecule has 6 nitrogen and oxygen atoms in total. The minimum Gasteiger partial charge on any atom is -0.496 e. The predicted octanol–water partition coefficient (Wildman–Crippen LogP) is 2.12. The van der Waals surface area contributed by atoms with E-state index >= 15 is 0 Å². The zero-order chi connectivity index (χ0) is 17.5. The monoisotopic (exact) mass is 340 g/mol. The van der Waals surface area contributed by atoms with Crippen LogP contribution >= 0.6 is 0 Å². The molecule has 2 amide bonds. The third-order valence-corrected chi connectivity index (χ3v) is 4.41. The number of pyridine rings is 1. The molecule has 1 aromatic heterocycles. The minimum atomic E-state index is -0.0214. The molecule has 1 aliphatic rings. The van der Waals surface area contributed by atoms with Crippen molar-refractivity contribution >= 4 is 6.03 Å². The maximum atomic E-state index is 12.4. The third kappa shape index (κ3) is 4.70. The molecule has 132 valence electrons. The summed E-state index contributed by atoms with van der Waals surface area (Å²) in [4.78, 5) is 20.7. The molecule has 2 aromatic rings. The number of urea groups is 1. The highest BCUT2D eigenvalue weighted by Crippen LogP contribution is 2.17. The lowest BCUT2D eigenvalue weighted by atomic mass is 10.2. The van der Waals surface area contributed by atoms with Crippen LogP contribution in [0.4, 0.5) is 4.79 Å². The van der Waals surface area contributed by atoms with Gasteiger partial charge in [0.25, 0.3) is 0 Å². The number of benzene rings is 1. The molecular weight excluding hydrogens is 316 g/mol. The van der Waals surface area contributed by atoms with E-state index in [1.165, 1.54) is 5.56 Å². The number of nitrogens with zero attached hydrogens (tertiary/aromatic N) is 3. The first-order valence-electron chi connectivity index (χ1n) is 8.52. The summed E-state index contributed by atoms with van der Waals surface area (Å²) in [7, 11) is 1.64. The fourth-order valence-corrected chi connectivity index (χ4v) is 2.99. The Morgan fingerprint density at radius 3 is 2.68 bits per heavy atom. The van der Waals surface area contributed by atoms with Crippen LogP contribution in [0, 0.1) is 0 Å². The van der Waals surface area contributed by atoms with Gasteiger partial charge >= 0.3 is 6.03 Å². The van der Waals surface area contributed by atoms with Gasteiger partial charge in [-0.25, -0.2) is 4.79 Å². The van der Waals surface area contributed by atoms with Crippen molar-refractivity contribution in [1.29, 1.82) is 0 Å². The summed E-state index contributed by atoms with van der Waals surface area (Å²) < 4.78 is 5.32. The Hall–Kier alpha value is -2.60. The molecule has 2 heterocycles. The highest BCUT2D eigenvalue weighted by atomic mass is 16.5. The summed E-state index contributed by atoms with van der Waals surface area (Å²) >= 11 is 0. The van der Waals surface area contributed by atoms with E-state index in [9.17, 15) is 4.79 Å². The normalized spacial score (nSPS) is 15.0. The van der Waals surface area contributed by atoms with E-state index in [0.717, 1.165) is 44.0 Å². The van der Waals surface area contributed by atoms with Crippen molar-refractivity contribution in [2.45, 2.75) is 13.1 Å². The molecule has 1 aliphatic heterocycles. The molecule has 0 spiro atoms. The van der Waals surface area contributed by atoms with Gasteiger partial charge in [-0.3, -0.25) is 9.88 Å². The second kappa shape index (κ2) is 8.48. The molecule has 0 aliphatic carbocycles. The van der Waals surface area contributed by atoms with Crippen molar-refractivity contribution < 1.29 is 9.53 Å². The lowest BCUT2D eigenvalue weighted by Gasteiger charge is -2.34. The molecule has 1 aromatic carbocycles.